The highest BCUT2D eigenvalue weighted by molar-refractivity contribution is 6.53. The summed E-state index contributed by atoms with van der Waals surface area (Å²) in [5.41, 5.74) is 2.05. The first-order valence-corrected chi connectivity index (χ1v) is 8.21. The van der Waals surface area contributed by atoms with Gasteiger partial charge in [0.05, 0.1) is 11.5 Å². The van der Waals surface area contributed by atoms with Gasteiger partial charge in [-0.1, -0.05) is 38.1 Å². The standard InChI is InChI=1S/C17H21Cl2NO/c1-15(2)9-8-13(11-6-4-5-7-12(11)15)20-14(21)16(3)10-17(16,18)19/h4-7,13H,8-10H2,1-3H3,(H,20,21)/t13-,16-/m1/s1. The molecule has 21 heavy (non-hydrogen) atoms. The molecule has 3 rings (SSSR count). The number of carbonyl (C=O) groups excluding carboxylic acids is 1. The molecular formula is C17H21Cl2NO. The molecule has 0 heterocycles. The monoisotopic (exact) mass is 325 g/mol. The summed E-state index contributed by atoms with van der Waals surface area (Å²) in [4.78, 5) is 12.5. The number of carbonyl (C=O) groups is 1. The predicted molar refractivity (Wildman–Crippen MR) is 86.7 cm³/mol. The van der Waals surface area contributed by atoms with E-state index in [2.05, 4.69) is 37.4 Å². The molecule has 1 N–H and O–H groups in total. The Labute approximate surface area is 136 Å². The zero-order chi connectivity index (χ0) is 15.5. The van der Waals surface area contributed by atoms with Gasteiger partial charge < -0.3 is 5.32 Å². The Hall–Kier alpha value is -0.730. The minimum atomic E-state index is -0.912. The minimum absolute atomic E-state index is 0.0352. The number of amides is 1. The van der Waals surface area contributed by atoms with E-state index in [1.54, 1.807) is 0 Å². The second-order valence-electron chi connectivity index (χ2n) is 7.25. The first-order valence-electron chi connectivity index (χ1n) is 7.46. The van der Waals surface area contributed by atoms with Crippen LogP contribution in [0.15, 0.2) is 24.3 Å². The molecule has 2 atom stereocenters. The van der Waals surface area contributed by atoms with E-state index in [9.17, 15) is 4.79 Å². The SMILES string of the molecule is CC1(C)CC[C@@H](NC(=O)[C@@]2(C)CC2(Cl)Cl)c2ccccc21. The Morgan fingerprint density at radius 1 is 1.24 bits per heavy atom. The number of rotatable bonds is 2. The molecular weight excluding hydrogens is 305 g/mol. The molecule has 0 aliphatic heterocycles. The number of hydrogen-bond acceptors (Lipinski definition) is 1. The van der Waals surface area contributed by atoms with Gasteiger partial charge in [0.1, 0.15) is 4.33 Å². The van der Waals surface area contributed by atoms with Crippen molar-refractivity contribution in [1.82, 2.24) is 5.32 Å². The highest BCUT2D eigenvalue weighted by atomic mass is 35.5. The molecule has 2 aliphatic carbocycles. The van der Waals surface area contributed by atoms with Crippen molar-refractivity contribution in [3.05, 3.63) is 35.4 Å². The lowest BCUT2D eigenvalue weighted by atomic mass is 9.71. The van der Waals surface area contributed by atoms with Gasteiger partial charge in [0.2, 0.25) is 5.91 Å². The van der Waals surface area contributed by atoms with Crippen LogP contribution >= 0.6 is 23.2 Å². The topological polar surface area (TPSA) is 29.1 Å². The third kappa shape index (κ3) is 2.37. The maximum absolute atomic E-state index is 12.5. The molecule has 2 nitrogen and oxygen atoms in total. The maximum Gasteiger partial charge on any atom is 0.229 e. The molecule has 1 saturated carbocycles. The molecule has 1 amide bonds. The van der Waals surface area contributed by atoms with Gasteiger partial charge in [-0.3, -0.25) is 4.79 Å². The van der Waals surface area contributed by atoms with Gasteiger partial charge in [0.25, 0.3) is 0 Å². The average molecular weight is 326 g/mol. The van der Waals surface area contributed by atoms with Gasteiger partial charge in [-0.2, -0.15) is 0 Å². The molecule has 0 saturated heterocycles. The van der Waals surface area contributed by atoms with Crippen molar-refractivity contribution < 1.29 is 4.79 Å². The van der Waals surface area contributed by atoms with Gasteiger partial charge in [0.15, 0.2) is 0 Å². The van der Waals surface area contributed by atoms with Crippen LogP contribution in [-0.4, -0.2) is 10.2 Å². The smallest absolute Gasteiger partial charge is 0.229 e. The largest absolute Gasteiger partial charge is 0.349 e. The van der Waals surface area contributed by atoms with E-state index in [1.807, 2.05) is 13.0 Å². The van der Waals surface area contributed by atoms with Crippen molar-refractivity contribution in [1.29, 1.82) is 0 Å². The Morgan fingerprint density at radius 2 is 1.86 bits per heavy atom. The molecule has 0 spiro atoms. The lowest BCUT2D eigenvalue weighted by Gasteiger charge is -2.37. The first-order chi connectivity index (χ1) is 9.67. The summed E-state index contributed by atoms with van der Waals surface area (Å²) in [6.45, 7) is 6.35. The molecule has 1 aromatic carbocycles. The number of fused-ring (bicyclic) bond motifs is 1. The quantitative estimate of drug-likeness (QED) is 0.797. The zero-order valence-corrected chi connectivity index (χ0v) is 14.2. The lowest BCUT2D eigenvalue weighted by Crippen LogP contribution is -2.39. The second kappa shape index (κ2) is 4.63. The lowest BCUT2D eigenvalue weighted by molar-refractivity contribution is -0.126. The van der Waals surface area contributed by atoms with E-state index in [0.717, 1.165) is 12.8 Å². The Balaban J connectivity index is 1.84. The van der Waals surface area contributed by atoms with E-state index in [-0.39, 0.29) is 17.4 Å². The van der Waals surface area contributed by atoms with Crippen LogP contribution in [0.2, 0.25) is 0 Å². The molecule has 2 aliphatic rings. The van der Waals surface area contributed by atoms with Crippen molar-refractivity contribution in [2.45, 2.75) is 55.8 Å². The van der Waals surface area contributed by atoms with E-state index in [4.69, 9.17) is 23.2 Å². The molecule has 0 bridgehead atoms. The summed E-state index contributed by atoms with van der Waals surface area (Å²) in [5, 5.41) is 3.16. The van der Waals surface area contributed by atoms with Crippen molar-refractivity contribution in [2.75, 3.05) is 0 Å². The summed E-state index contributed by atoms with van der Waals surface area (Å²) >= 11 is 12.2. The normalized spacial score (nSPS) is 32.1. The molecule has 1 aromatic rings. The Bertz CT molecular complexity index is 596. The van der Waals surface area contributed by atoms with E-state index < -0.39 is 9.75 Å². The Kier molecular flexibility index (Phi) is 3.35. The van der Waals surface area contributed by atoms with Crippen LogP contribution < -0.4 is 5.32 Å². The fraction of sp³-hybridized carbons (Fsp3) is 0.588. The van der Waals surface area contributed by atoms with E-state index in [1.165, 1.54) is 11.1 Å². The predicted octanol–water partition coefficient (Wildman–Crippen LogP) is 4.50. The third-order valence-electron chi connectivity index (χ3n) is 5.19. The average Bonchev–Trinajstić information content (AvgIpc) is 2.94. The number of alkyl halides is 2. The fourth-order valence-corrected chi connectivity index (χ4v) is 4.03. The Morgan fingerprint density at radius 3 is 2.48 bits per heavy atom. The highest BCUT2D eigenvalue weighted by Gasteiger charge is 2.68. The van der Waals surface area contributed by atoms with Crippen molar-refractivity contribution in [2.24, 2.45) is 5.41 Å². The van der Waals surface area contributed by atoms with Crippen molar-refractivity contribution >= 4 is 29.1 Å². The summed E-state index contributed by atoms with van der Waals surface area (Å²) < 4.78 is -0.912. The van der Waals surface area contributed by atoms with Gasteiger partial charge in [-0.05, 0) is 42.7 Å². The first kappa shape index (κ1) is 15.2. The van der Waals surface area contributed by atoms with Crippen LogP contribution in [0.1, 0.15) is 57.2 Å². The number of halogens is 2. The molecule has 1 fully saturated rings. The second-order valence-corrected chi connectivity index (χ2v) is 8.73. The number of hydrogen-bond donors (Lipinski definition) is 1. The summed E-state index contributed by atoms with van der Waals surface area (Å²) in [7, 11) is 0. The molecule has 0 unspecified atom stereocenters. The fourth-order valence-electron chi connectivity index (χ4n) is 3.33. The summed E-state index contributed by atoms with van der Waals surface area (Å²) in [6.07, 6.45) is 2.52. The van der Waals surface area contributed by atoms with Gasteiger partial charge in [-0.25, -0.2) is 0 Å². The zero-order valence-electron chi connectivity index (χ0n) is 12.7. The molecule has 0 radical (unpaired) electrons. The van der Waals surface area contributed by atoms with Crippen molar-refractivity contribution in [3.63, 3.8) is 0 Å². The molecule has 4 heteroatoms. The van der Waals surface area contributed by atoms with E-state index in [0.29, 0.717) is 6.42 Å². The maximum atomic E-state index is 12.5. The van der Waals surface area contributed by atoms with Crippen LogP contribution in [0.5, 0.6) is 0 Å². The third-order valence-corrected chi connectivity index (χ3v) is 6.29. The van der Waals surface area contributed by atoms with Crippen LogP contribution in [-0.2, 0) is 10.2 Å². The summed E-state index contributed by atoms with van der Waals surface area (Å²) in [6, 6.07) is 8.44. The van der Waals surface area contributed by atoms with Crippen LogP contribution in [0.4, 0.5) is 0 Å². The number of nitrogens with one attached hydrogen (secondary N) is 1. The van der Waals surface area contributed by atoms with Gasteiger partial charge in [-0.15, -0.1) is 23.2 Å². The van der Waals surface area contributed by atoms with Gasteiger partial charge in [0, 0.05) is 0 Å². The van der Waals surface area contributed by atoms with Crippen LogP contribution in [0.3, 0.4) is 0 Å². The minimum Gasteiger partial charge on any atom is -0.349 e. The van der Waals surface area contributed by atoms with Crippen LogP contribution in [0, 0.1) is 5.41 Å². The van der Waals surface area contributed by atoms with E-state index >= 15 is 0 Å². The van der Waals surface area contributed by atoms with Gasteiger partial charge >= 0.3 is 0 Å². The molecule has 0 aromatic heterocycles. The summed E-state index contributed by atoms with van der Waals surface area (Å²) in [5.74, 6) is -0.0352. The van der Waals surface area contributed by atoms with Crippen molar-refractivity contribution in [3.8, 4) is 0 Å². The molecule has 114 valence electrons. The number of benzene rings is 1. The highest BCUT2D eigenvalue weighted by Crippen LogP contribution is 2.64. The van der Waals surface area contributed by atoms with Crippen LogP contribution in [0.25, 0.3) is 0 Å².